The van der Waals surface area contributed by atoms with Crippen LogP contribution in [0.1, 0.15) is 45.6 Å². The predicted octanol–water partition coefficient (Wildman–Crippen LogP) is 1.91. The number of rotatable bonds is 4. The second kappa shape index (κ2) is 8.21. The Morgan fingerprint density at radius 1 is 1.18 bits per heavy atom. The quantitative estimate of drug-likeness (QED) is 0.826. The molecule has 1 N–H and O–H groups in total. The SMILES string of the molecule is CC(=O)N1CCCc2cc(S(=O)(=O)N3CCC[C@@H](C(=O)NC(C)C)C3)ccc21. The Kier molecular flexibility index (Phi) is 6.09. The summed E-state index contributed by atoms with van der Waals surface area (Å²) in [5.74, 6) is -0.444. The van der Waals surface area contributed by atoms with Gasteiger partial charge in [-0.2, -0.15) is 4.31 Å². The highest BCUT2D eigenvalue weighted by molar-refractivity contribution is 7.89. The average Bonchev–Trinajstić information content (AvgIpc) is 2.66. The molecule has 0 saturated carbocycles. The maximum Gasteiger partial charge on any atom is 0.243 e. The van der Waals surface area contributed by atoms with Gasteiger partial charge in [0.05, 0.1) is 10.8 Å². The number of hydrogen-bond donors (Lipinski definition) is 1. The first-order valence-corrected chi connectivity index (χ1v) is 11.4. The zero-order chi connectivity index (χ0) is 20.5. The van der Waals surface area contributed by atoms with Gasteiger partial charge >= 0.3 is 0 Å². The Labute approximate surface area is 167 Å². The van der Waals surface area contributed by atoms with Crippen LogP contribution in [0.5, 0.6) is 0 Å². The number of nitrogens with one attached hydrogen (secondary N) is 1. The highest BCUT2D eigenvalue weighted by atomic mass is 32.2. The van der Waals surface area contributed by atoms with Gasteiger partial charge in [0, 0.05) is 38.3 Å². The van der Waals surface area contributed by atoms with E-state index < -0.39 is 10.0 Å². The van der Waals surface area contributed by atoms with Crippen LogP contribution in [-0.4, -0.2) is 50.2 Å². The monoisotopic (exact) mass is 407 g/mol. The van der Waals surface area contributed by atoms with Crippen molar-refractivity contribution in [3.63, 3.8) is 0 Å². The summed E-state index contributed by atoms with van der Waals surface area (Å²) in [6, 6.07) is 5.03. The van der Waals surface area contributed by atoms with E-state index in [2.05, 4.69) is 5.32 Å². The van der Waals surface area contributed by atoms with Gasteiger partial charge in [0.1, 0.15) is 0 Å². The molecule has 0 spiro atoms. The van der Waals surface area contributed by atoms with E-state index in [0.29, 0.717) is 25.9 Å². The minimum Gasteiger partial charge on any atom is -0.354 e. The molecule has 0 bridgehead atoms. The van der Waals surface area contributed by atoms with Gasteiger partial charge in [-0.25, -0.2) is 8.42 Å². The van der Waals surface area contributed by atoms with Crippen LogP contribution in [-0.2, 0) is 26.0 Å². The van der Waals surface area contributed by atoms with Crippen LogP contribution in [0.3, 0.4) is 0 Å². The normalized spacial score (nSPS) is 20.7. The second-order valence-electron chi connectivity index (χ2n) is 7.93. The van der Waals surface area contributed by atoms with Gasteiger partial charge in [0.2, 0.25) is 21.8 Å². The average molecular weight is 408 g/mol. The predicted molar refractivity (Wildman–Crippen MR) is 108 cm³/mol. The minimum atomic E-state index is -3.68. The fraction of sp³-hybridized carbons (Fsp3) is 0.600. The molecule has 0 aromatic heterocycles. The summed E-state index contributed by atoms with van der Waals surface area (Å²) in [6.07, 6.45) is 2.93. The van der Waals surface area contributed by atoms with Crippen LogP contribution in [0.15, 0.2) is 23.1 Å². The summed E-state index contributed by atoms with van der Waals surface area (Å²) in [5.41, 5.74) is 1.68. The molecule has 2 aliphatic heterocycles. The zero-order valence-electron chi connectivity index (χ0n) is 16.8. The van der Waals surface area contributed by atoms with Crippen LogP contribution in [0.25, 0.3) is 0 Å². The zero-order valence-corrected chi connectivity index (χ0v) is 17.6. The largest absolute Gasteiger partial charge is 0.354 e. The molecule has 1 aromatic rings. The van der Waals surface area contributed by atoms with Crippen LogP contribution in [0.2, 0.25) is 0 Å². The van der Waals surface area contributed by atoms with E-state index in [1.165, 1.54) is 11.2 Å². The molecule has 8 heteroatoms. The van der Waals surface area contributed by atoms with Crippen molar-refractivity contribution in [2.45, 2.75) is 57.4 Å². The highest BCUT2D eigenvalue weighted by Crippen LogP contribution is 2.31. The van der Waals surface area contributed by atoms with Crippen molar-refractivity contribution in [3.8, 4) is 0 Å². The number of nitrogens with zero attached hydrogens (tertiary/aromatic N) is 2. The molecule has 1 saturated heterocycles. The maximum atomic E-state index is 13.2. The van der Waals surface area contributed by atoms with Gasteiger partial charge in [-0.05, 0) is 63.3 Å². The van der Waals surface area contributed by atoms with Gasteiger partial charge in [-0.1, -0.05) is 0 Å². The molecule has 0 aliphatic carbocycles. The molecule has 2 aliphatic rings. The summed E-state index contributed by atoms with van der Waals surface area (Å²) in [7, 11) is -3.68. The lowest BCUT2D eigenvalue weighted by molar-refractivity contribution is -0.126. The third kappa shape index (κ3) is 4.22. The van der Waals surface area contributed by atoms with Gasteiger partial charge in [-0.3, -0.25) is 9.59 Å². The topological polar surface area (TPSA) is 86.8 Å². The van der Waals surface area contributed by atoms with E-state index in [0.717, 1.165) is 24.1 Å². The first-order chi connectivity index (χ1) is 13.2. The summed E-state index contributed by atoms with van der Waals surface area (Å²) in [6.45, 7) is 6.60. The van der Waals surface area contributed by atoms with E-state index in [1.54, 1.807) is 23.1 Å². The van der Waals surface area contributed by atoms with Crippen molar-refractivity contribution in [1.29, 1.82) is 0 Å². The van der Waals surface area contributed by atoms with Gasteiger partial charge in [0.25, 0.3) is 0 Å². The smallest absolute Gasteiger partial charge is 0.243 e. The van der Waals surface area contributed by atoms with Crippen LogP contribution >= 0.6 is 0 Å². The molecule has 1 aromatic carbocycles. The fourth-order valence-corrected chi connectivity index (χ4v) is 5.56. The van der Waals surface area contributed by atoms with Crippen molar-refractivity contribution in [1.82, 2.24) is 9.62 Å². The van der Waals surface area contributed by atoms with Crippen LogP contribution in [0, 0.1) is 5.92 Å². The Morgan fingerprint density at radius 2 is 1.93 bits per heavy atom. The number of fused-ring (bicyclic) bond motifs is 1. The molecular formula is C20H29N3O4S. The molecule has 3 rings (SSSR count). The molecular weight excluding hydrogens is 378 g/mol. The summed E-state index contributed by atoms with van der Waals surface area (Å²) < 4.78 is 27.8. The van der Waals surface area contributed by atoms with Crippen LogP contribution < -0.4 is 10.2 Å². The Morgan fingerprint density at radius 3 is 2.61 bits per heavy atom. The minimum absolute atomic E-state index is 0.0318. The fourth-order valence-electron chi connectivity index (χ4n) is 3.99. The standard InChI is InChI=1S/C20H29N3O4S/c1-14(2)21-20(25)17-7-4-10-22(13-17)28(26,27)18-8-9-19-16(12-18)6-5-11-23(19)15(3)24/h8-9,12,14,17H,4-7,10-11,13H2,1-3H3,(H,21,25)/t17-/m1/s1. The number of carbonyl (C=O) groups excluding carboxylic acids is 2. The lowest BCUT2D eigenvalue weighted by atomic mass is 9.98. The lowest BCUT2D eigenvalue weighted by Crippen LogP contribution is -2.46. The molecule has 1 fully saturated rings. The summed E-state index contributed by atoms with van der Waals surface area (Å²) in [5, 5.41) is 2.88. The van der Waals surface area contributed by atoms with E-state index in [-0.39, 0.29) is 35.2 Å². The summed E-state index contributed by atoms with van der Waals surface area (Å²) >= 11 is 0. The first-order valence-electron chi connectivity index (χ1n) is 9.91. The van der Waals surface area contributed by atoms with Crippen LogP contribution in [0.4, 0.5) is 5.69 Å². The number of anilines is 1. The van der Waals surface area contributed by atoms with Gasteiger partial charge in [-0.15, -0.1) is 0 Å². The number of hydrogen-bond acceptors (Lipinski definition) is 4. The molecule has 2 heterocycles. The Hall–Kier alpha value is -1.93. The molecule has 28 heavy (non-hydrogen) atoms. The molecule has 0 unspecified atom stereocenters. The van der Waals surface area contributed by atoms with Crippen molar-refractivity contribution >= 4 is 27.5 Å². The van der Waals surface area contributed by atoms with E-state index in [4.69, 9.17) is 0 Å². The number of amides is 2. The van der Waals surface area contributed by atoms with Crippen molar-refractivity contribution in [2.75, 3.05) is 24.5 Å². The van der Waals surface area contributed by atoms with Gasteiger partial charge < -0.3 is 10.2 Å². The van der Waals surface area contributed by atoms with E-state index >= 15 is 0 Å². The third-order valence-electron chi connectivity index (χ3n) is 5.37. The number of carbonyl (C=O) groups is 2. The molecule has 7 nitrogen and oxygen atoms in total. The summed E-state index contributed by atoms with van der Waals surface area (Å²) in [4.78, 5) is 26.1. The Bertz CT molecular complexity index is 866. The highest BCUT2D eigenvalue weighted by Gasteiger charge is 2.34. The second-order valence-corrected chi connectivity index (χ2v) is 9.87. The van der Waals surface area contributed by atoms with Crippen molar-refractivity contribution < 1.29 is 18.0 Å². The number of aryl methyl sites for hydroxylation is 1. The van der Waals surface area contributed by atoms with Crippen molar-refractivity contribution in [2.24, 2.45) is 5.92 Å². The molecule has 154 valence electrons. The van der Waals surface area contributed by atoms with E-state index in [1.807, 2.05) is 13.8 Å². The Balaban J connectivity index is 1.83. The number of piperidine rings is 1. The molecule has 1 atom stereocenters. The first kappa shape index (κ1) is 20.8. The number of benzene rings is 1. The molecule has 2 amide bonds. The number of sulfonamides is 1. The lowest BCUT2D eigenvalue weighted by Gasteiger charge is -2.32. The maximum absolute atomic E-state index is 13.2. The van der Waals surface area contributed by atoms with Gasteiger partial charge in [0.15, 0.2) is 0 Å². The molecule has 0 radical (unpaired) electrons. The van der Waals surface area contributed by atoms with E-state index in [9.17, 15) is 18.0 Å². The third-order valence-corrected chi connectivity index (χ3v) is 7.23. The van der Waals surface area contributed by atoms with Crippen molar-refractivity contribution in [3.05, 3.63) is 23.8 Å².